The van der Waals surface area contributed by atoms with Gasteiger partial charge in [-0.2, -0.15) is 0 Å². The van der Waals surface area contributed by atoms with E-state index in [1.807, 2.05) is 0 Å². The highest BCUT2D eigenvalue weighted by molar-refractivity contribution is 6.74. The van der Waals surface area contributed by atoms with Gasteiger partial charge in [0, 0.05) is 38.1 Å². The van der Waals surface area contributed by atoms with Gasteiger partial charge in [0.1, 0.15) is 22.7 Å². The van der Waals surface area contributed by atoms with Gasteiger partial charge in [0.25, 0.3) is 5.91 Å². The summed E-state index contributed by atoms with van der Waals surface area (Å²) in [4.78, 5) is 23.1. The Morgan fingerprint density at radius 2 is 1.97 bits per heavy atom. The lowest BCUT2D eigenvalue weighted by Crippen LogP contribution is -2.43. The lowest BCUT2D eigenvalue weighted by molar-refractivity contribution is 0.0764. The highest BCUT2D eigenvalue weighted by Gasteiger charge is 2.37. The van der Waals surface area contributed by atoms with Crippen LogP contribution in [-0.2, 0) is 4.43 Å². The molecule has 0 aliphatic heterocycles. The smallest absolute Gasteiger partial charge is 0.272 e. The van der Waals surface area contributed by atoms with E-state index in [0.29, 0.717) is 46.3 Å². The van der Waals surface area contributed by atoms with Crippen molar-refractivity contribution in [3.63, 3.8) is 0 Å². The molecule has 7 nitrogen and oxygen atoms in total. The second-order valence-electron chi connectivity index (χ2n) is 9.22. The van der Waals surface area contributed by atoms with Crippen LogP contribution in [-0.4, -0.2) is 56.4 Å². The van der Waals surface area contributed by atoms with Crippen molar-refractivity contribution in [2.45, 2.75) is 38.9 Å². The van der Waals surface area contributed by atoms with Crippen LogP contribution in [0.5, 0.6) is 5.75 Å². The number of rotatable bonds is 7. The summed E-state index contributed by atoms with van der Waals surface area (Å²) in [5.41, 5.74) is 2.03. The molecule has 0 aliphatic carbocycles. The molecule has 0 aromatic carbocycles. The van der Waals surface area contributed by atoms with Crippen LogP contribution < -0.4 is 4.74 Å². The zero-order valence-corrected chi connectivity index (χ0v) is 21.4. The predicted molar refractivity (Wildman–Crippen MR) is 129 cm³/mol. The fourth-order valence-electron chi connectivity index (χ4n) is 2.90. The van der Waals surface area contributed by atoms with Crippen molar-refractivity contribution in [2.75, 3.05) is 27.3 Å². The zero-order chi connectivity index (χ0) is 23.7. The summed E-state index contributed by atoms with van der Waals surface area (Å²) < 4.78 is 17.6. The molecule has 0 saturated carbocycles. The molecule has 0 bridgehead atoms. The fourth-order valence-corrected chi connectivity index (χ4v) is 4.13. The molecule has 0 aliphatic rings. The van der Waals surface area contributed by atoms with Gasteiger partial charge in [-0.05, 0) is 24.2 Å². The maximum absolute atomic E-state index is 12.9. The average Bonchev–Trinajstić information content (AvgIpc) is 3.17. The van der Waals surface area contributed by atoms with Crippen LogP contribution >= 0.6 is 11.6 Å². The number of hydrogen-bond acceptors (Lipinski definition) is 6. The Labute approximate surface area is 194 Å². The van der Waals surface area contributed by atoms with Gasteiger partial charge >= 0.3 is 0 Å². The molecular weight excluding hydrogens is 446 g/mol. The highest BCUT2D eigenvalue weighted by Crippen LogP contribution is 2.37. The maximum Gasteiger partial charge on any atom is 0.272 e. The summed E-state index contributed by atoms with van der Waals surface area (Å²) in [6.07, 6.45) is 3.18. The molecule has 172 valence electrons. The number of fused-ring (bicyclic) bond motifs is 1. The minimum absolute atomic E-state index is 0.122. The van der Waals surface area contributed by atoms with Crippen LogP contribution in [0.3, 0.4) is 0 Å². The number of pyridine rings is 2. The van der Waals surface area contributed by atoms with E-state index in [9.17, 15) is 4.79 Å². The number of likely N-dealkylation sites (N-methyl/N-ethyl adjacent to an activating group) is 1. The first-order valence-corrected chi connectivity index (χ1v) is 13.7. The first-order chi connectivity index (χ1) is 14.9. The zero-order valence-electron chi connectivity index (χ0n) is 19.7. The Bertz CT molecular complexity index is 1120. The van der Waals surface area contributed by atoms with E-state index < -0.39 is 8.32 Å². The molecule has 0 unspecified atom stereocenters. The van der Waals surface area contributed by atoms with Crippen molar-refractivity contribution in [2.24, 2.45) is 0 Å². The number of methoxy groups -OCH3 is 1. The van der Waals surface area contributed by atoms with E-state index >= 15 is 0 Å². The van der Waals surface area contributed by atoms with Crippen LogP contribution in [0, 0.1) is 0 Å². The Hall–Kier alpha value is -2.42. The van der Waals surface area contributed by atoms with Crippen molar-refractivity contribution in [1.82, 2.24) is 14.9 Å². The van der Waals surface area contributed by atoms with E-state index in [1.165, 1.54) is 7.11 Å². The molecule has 3 aromatic rings. The topological polar surface area (TPSA) is 77.7 Å². The number of halogens is 1. The summed E-state index contributed by atoms with van der Waals surface area (Å²) in [5.74, 6) is 0.785. The van der Waals surface area contributed by atoms with E-state index in [4.69, 9.17) is 25.2 Å². The number of nitrogens with zero attached hydrogens (tertiary/aromatic N) is 3. The Kier molecular flexibility index (Phi) is 6.97. The number of carbonyl (C=O) groups excluding carboxylic acids is 1. The number of hydrogen-bond donors (Lipinski definition) is 0. The molecule has 0 radical (unpaired) electrons. The van der Waals surface area contributed by atoms with Crippen LogP contribution in [0.15, 0.2) is 35.0 Å². The third-order valence-electron chi connectivity index (χ3n) is 5.98. The molecule has 1 amide bonds. The molecule has 3 heterocycles. The Balaban J connectivity index is 1.76. The van der Waals surface area contributed by atoms with Gasteiger partial charge in [0.2, 0.25) is 0 Å². The number of amides is 1. The molecule has 0 saturated heterocycles. The van der Waals surface area contributed by atoms with Crippen molar-refractivity contribution in [3.05, 3.63) is 41.3 Å². The molecule has 0 N–H and O–H groups in total. The molecule has 32 heavy (non-hydrogen) atoms. The van der Waals surface area contributed by atoms with Crippen molar-refractivity contribution < 1.29 is 18.4 Å². The Morgan fingerprint density at radius 3 is 2.59 bits per heavy atom. The van der Waals surface area contributed by atoms with Crippen molar-refractivity contribution >= 4 is 36.9 Å². The quantitative estimate of drug-likeness (QED) is 0.411. The van der Waals surface area contributed by atoms with Crippen LogP contribution in [0.2, 0.25) is 23.2 Å². The third-order valence-corrected chi connectivity index (χ3v) is 10.8. The van der Waals surface area contributed by atoms with E-state index in [0.717, 1.165) is 0 Å². The predicted octanol–water partition coefficient (Wildman–Crippen LogP) is 5.65. The Morgan fingerprint density at radius 1 is 1.25 bits per heavy atom. The van der Waals surface area contributed by atoms with Crippen molar-refractivity contribution in [1.29, 1.82) is 0 Å². The summed E-state index contributed by atoms with van der Waals surface area (Å²) >= 11 is 6.19. The van der Waals surface area contributed by atoms with Crippen molar-refractivity contribution in [3.8, 4) is 17.1 Å². The molecule has 0 fully saturated rings. The summed E-state index contributed by atoms with van der Waals surface area (Å²) in [7, 11) is 1.42. The molecule has 0 atom stereocenters. The average molecular weight is 476 g/mol. The van der Waals surface area contributed by atoms with Crippen LogP contribution in [0.4, 0.5) is 0 Å². The van der Waals surface area contributed by atoms with Gasteiger partial charge < -0.3 is 18.5 Å². The summed E-state index contributed by atoms with van der Waals surface area (Å²) in [5, 5.41) is 0.595. The monoisotopic (exact) mass is 475 g/mol. The SMILES string of the molecule is COc1cc(C(=O)N(C)CCO[Si](C)(C)C(C)(C)C)ncc1-c1cc2nccc(Cl)c2o1. The lowest BCUT2D eigenvalue weighted by atomic mass is 10.1. The molecule has 0 spiro atoms. The first kappa shape index (κ1) is 24.2. The minimum atomic E-state index is -1.86. The van der Waals surface area contributed by atoms with Gasteiger partial charge in [0.05, 0.1) is 24.3 Å². The fraction of sp³-hybridized carbons (Fsp3) is 0.435. The van der Waals surface area contributed by atoms with E-state index in [2.05, 4.69) is 43.8 Å². The standard InChI is InChI=1S/C23H30ClN3O4Si/c1-23(2,3)32(6,7)30-11-10-27(4)22(28)18-13-19(29-5)15(14-26-18)20-12-17-21(31-20)16(24)8-9-25-17/h8-9,12-14H,10-11H2,1-7H3. The molecular formula is C23H30ClN3O4Si. The number of ether oxygens (including phenoxy) is 1. The maximum atomic E-state index is 12.9. The number of furan rings is 1. The van der Waals surface area contributed by atoms with Gasteiger partial charge in [-0.3, -0.25) is 14.8 Å². The van der Waals surface area contributed by atoms with Crippen LogP contribution in [0.25, 0.3) is 22.4 Å². The molecule has 3 rings (SSSR count). The molecule has 3 aromatic heterocycles. The summed E-state index contributed by atoms with van der Waals surface area (Å²) in [6, 6.07) is 5.05. The van der Waals surface area contributed by atoms with Gasteiger partial charge in [-0.25, -0.2) is 0 Å². The van der Waals surface area contributed by atoms with Gasteiger partial charge in [-0.1, -0.05) is 32.4 Å². The highest BCUT2D eigenvalue weighted by atomic mass is 35.5. The number of carbonyl (C=O) groups is 1. The van der Waals surface area contributed by atoms with Gasteiger partial charge in [0.15, 0.2) is 13.9 Å². The third kappa shape index (κ3) is 4.97. The van der Waals surface area contributed by atoms with Crippen LogP contribution in [0.1, 0.15) is 31.3 Å². The molecule has 9 heteroatoms. The largest absolute Gasteiger partial charge is 0.496 e. The van der Waals surface area contributed by atoms with Gasteiger partial charge in [-0.15, -0.1) is 0 Å². The summed E-state index contributed by atoms with van der Waals surface area (Å²) in [6.45, 7) is 11.9. The van der Waals surface area contributed by atoms with E-state index in [1.54, 1.807) is 42.5 Å². The first-order valence-electron chi connectivity index (χ1n) is 10.4. The van der Waals surface area contributed by atoms with E-state index in [-0.39, 0.29) is 16.6 Å². The second kappa shape index (κ2) is 9.21. The second-order valence-corrected chi connectivity index (χ2v) is 14.4. The normalized spacial score (nSPS) is 12.2. The number of aromatic nitrogens is 2. The minimum Gasteiger partial charge on any atom is -0.496 e. The lowest BCUT2D eigenvalue weighted by Gasteiger charge is -2.36.